The molecule has 2 aromatic rings. The smallest absolute Gasteiger partial charge is 0.119 e. The summed E-state index contributed by atoms with van der Waals surface area (Å²) in [5, 5.41) is 8.89. The average Bonchev–Trinajstić information content (AvgIpc) is 2.71. The Morgan fingerprint density at radius 3 is 2.81 bits per heavy atom. The Hall–Kier alpha value is -1.31. The Kier molecular flexibility index (Phi) is 3.28. The van der Waals surface area contributed by atoms with Crippen molar-refractivity contribution in [1.82, 2.24) is 0 Å². The molecule has 1 aromatic carbocycles. The molecule has 1 aromatic heterocycles. The maximum atomic E-state index is 8.89. The predicted molar refractivity (Wildman–Crippen MR) is 68.7 cm³/mol. The Balaban J connectivity index is 2.46. The van der Waals surface area contributed by atoms with Gasteiger partial charge in [-0.05, 0) is 39.7 Å². The van der Waals surface area contributed by atoms with Gasteiger partial charge in [0, 0.05) is 9.35 Å². The van der Waals surface area contributed by atoms with E-state index in [1.165, 1.54) is 11.3 Å². The molecule has 0 amide bonds. The van der Waals surface area contributed by atoms with Gasteiger partial charge in [0.2, 0.25) is 0 Å². The van der Waals surface area contributed by atoms with Crippen LogP contribution in [0, 0.1) is 11.3 Å². The molecule has 2 nitrogen and oxygen atoms in total. The van der Waals surface area contributed by atoms with E-state index in [-0.39, 0.29) is 0 Å². The monoisotopic (exact) mass is 293 g/mol. The average molecular weight is 294 g/mol. The zero-order valence-electron chi connectivity index (χ0n) is 8.53. The zero-order valence-corrected chi connectivity index (χ0v) is 10.9. The summed E-state index contributed by atoms with van der Waals surface area (Å²) in [6.07, 6.45) is 0. The minimum Gasteiger partial charge on any atom is -0.497 e. The van der Waals surface area contributed by atoms with E-state index in [0.29, 0.717) is 4.88 Å². The maximum absolute atomic E-state index is 8.89. The van der Waals surface area contributed by atoms with Crippen molar-refractivity contribution in [3.8, 4) is 22.3 Å². The normalized spacial score (nSPS) is 9.81. The van der Waals surface area contributed by atoms with Crippen molar-refractivity contribution >= 4 is 27.3 Å². The van der Waals surface area contributed by atoms with Crippen LogP contribution in [0.15, 0.2) is 34.8 Å². The number of hydrogen-bond acceptors (Lipinski definition) is 3. The SMILES string of the molecule is COc1cccc(-c2cc(Br)c(C#N)s2)c1. The highest BCUT2D eigenvalue weighted by atomic mass is 79.9. The lowest BCUT2D eigenvalue weighted by Gasteiger charge is -2.01. The van der Waals surface area contributed by atoms with Crippen LogP contribution in [0.2, 0.25) is 0 Å². The topological polar surface area (TPSA) is 33.0 Å². The molecule has 0 fully saturated rings. The Morgan fingerprint density at radius 2 is 2.19 bits per heavy atom. The molecule has 1 heterocycles. The molecule has 0 aliphatic rings. The Morgan fingerprint density at radius 1 is 1.38 bits per heavy atom. The second-order valence-electron chi connectivity index (χ2n) is 3.13. The van der Waals surface area contributed by atoms with Gasteiger partial charge in [0.15, 0.2) is 0 Å². The van der Waals surface area contributed by atoms with E-state index in [4.69, 9.17) is 10.00 Å². The number of nitriles is 1. The first-order chi connectivity index (χ1) is 7.74. The van der Waals surface area contributed by atoms with Crippen LogP contribution in [-0.2, 0) is 0 Å². The molecule has 0 unspecified atom stereocenters. The van der Waals surface area contributed by atoms with Gasteiger partial charge in [0.25, 0.3) is 0 Å². The van der Waals surface area contributed by atoms with E-state index in [1.54, 1.807) is 7.11 Å². The largest absolute Gasteiger partial charge is 0.497 e. The van der Waals surface area contributed by atoms with Crippen LogP contribution < -0.4 is 4.74 Å². The van der Waals surface area contributed by atoms with Gasteiger partial charge in [-0.3, -0.25) is 0 Å². The third-order valence-corrected chi connectivity index (χ3v) is 4.12. The molecular formula is C12H8BrNOS. The van der Waals surface area contributed by atoms with Crippen LogP contribution in [0.25, 0.3) is 10.4 Å². The predicted octanol–water partition coefficient (Wildman–Crippen LogP) is 4.06. The van der Waals surface area contributed by atoms with E-state index in [0.717, 1.165) is 20.7 Å². The van der Waals surface area contributed by atoms with E-state index in [9.17, 15) is 0 Å². The van der Waals surface area contributed by atoms with Crippen LogP contribution in [0.3, 0.4) is 0 Å². The molecule has 0 spiro atoms. The number of methoxy groups -OCH3 is 1. The van der Waals surface area contributed by atoms with Gasteiger partial charge in [-0.15, -0.1) is 11.3 Å². The van der Waals surface area contributed by atoms with Crippen LogP contribution in [0.5, 0.6) is 5.75 Å². The number of ether oxygens (including phenoxy) is 1. The summed E-state index contributed by atoms with van der Waals surface area (Å²) >= 11 is 4.84. The lowest BCUT2D eigenvalue weighted by Crippen LogP contribution is -1.81. The van der Waals surface area contributed by atoms with E-state index < -0.39 is 0 Å². The summed E-state index contributed by atoms with van der Waals surface area (Å²) in [4.78, 5) is 1.75. The molecular weight excluding hydrogens is 286 g/mol. The van der Waals surface area contributed by atoms with Crippen molar-refractivity contribution in [2.24, 2.45) is 0 Å². The molecule has 16 heavy (non-hydrogen) atoms. The number of hydrogen-bond donors (Lipinski definition) is 0. The Bertz CT molecular complexity index is 556. The second-order valence-corrected chi connectivity index (χ2v) is 5.04. The molecule has 0 aliphatic heterocycles. The molecule has 0 atom stereocenters. The van der Waals surface area contributed by atoms with Crippen molar-refractivity contribution in [2.45, 2.75) is 0 Å². The summed E-state index contributed by atoms with van der Waals surface area (Å²) in [5.41, 5.74) is 1.06. The summed E-state index contributed by atoms with van der Waals surface area (Å²) in [6.45, 7) is 0. The summed E-state index contributed by atoms with van der Waals surface area (Å²) in [6, 6.07) is 11.9. The fourth-order valence-electron chi connectivity index (χ4n) is 1.36. The van der Waals surface area contributed by atoms with E-state index in [1.807, 2.05) is 30.3 Å². The second kappa shape index (κ2) is 4.69. The van der Waals surface area contributed by atoms with E-state index >= 15 is 0 Å². The molecule has 0 bridgehead atoms. The molecule has 4 heteroatoms. The van der Waals surface area contributed by atoms with Crippen molar-refractivity contribution in [3.63, 3.8) is 0 Å². The number of benzene rings is 1. The minimum atomic E-state index is 0.692. The highest BCUT2D eigenvalue weighted by molar-refractivity contribution is 9.10. The van der Waals surface area contributed by atoms with Gasteiger partial charge in [-0.1, -0.05) is 12.1 Å². The van der Waals surface area contributed by atoms with Gasteiger partial charge in [-0.2, -0.15) is 5.26 Å². The molecule has 0 aliphatic carbocycles. The van der Waals surface area contributed by atoms with Gasteiger partial charge >= 0.3 is 0 Å². The van der Waals surface area contributed by atoms with Crippen LogP contribution in [-0.4, -0.2) is 7.11 Å². The fraction of sp³-hybridized carbons (Fsp3) is 0.0833. The summed E-state index contributed by atoms with van der Waals surface area (Å²) < 4.78 is 6.01. The van der Waals surface area contributed by atoms with Gasteiger partial charge in [-0.25, -0.2) is 0 Å². The highest BCUT2D eigenvalue weighted by Gasteiger charge is 2.08. The number of thiophene rings is 1. The van der Waals surface area contributed by atoms with Gasteiger partial charge in [0.05, 0.1) is 7.11 Å². The summed E-state index contributed by atoms with van der Waals surface area (Å²) in [5.74, 6) is 0.820. The number of rotatable bonds is 2. The van der Waals surface area contributed by atoms with Crippen molar-refractivity contribution in [2.75, 3.05) is 7.11 Å². The van der Waals surface area contributed by atoms with Gasteiger partial charge < -0.3 is 4.74 Å². The van der Waals surface area contributed by atoms with Crippen molar-refractivity contribution < 1.29 is 4.74 Å². The number of halogens is 1. The standard InChI is InChI=1S/C12H8BrNOS/c1-15-9-4-2-3-8(5-9)11-6-10(13)12(7-14)16-11/h2-6H,1H3. The van der Waals surface area contributed by atoms with E-state index in [2.05, 4.69) is 22.0 Å². The highest BCUT2D eigenvalue weighted by Crippen LogP contribution is 2.35. The summed E-state index contributed by atoms with van der Waals surface area (Å²) in [7, 11) is 1.64. The maximum Gasteiger partial charge on any atom is 0.119 e. The molecule has 0 saturated carbocycles. The molecule has 0 radical (unpaired) electrons. The fourth-order valence-corrected chi connectivity index (χ4v) is 2.92. The lowest BCUT2D eigenvalue weighted by molar-refractivity contribution is 0.415. The minimum absolute atomic E-state index is 0.692. The quantitative estimate of drug-likeness (QED) is 0.837. The third-order valence-electron chi connectivity index (χ3n) is 2.14. The van der Waals surface area contributed by atoms with Gasteiger partial charge in [0.1, 0.15) is 16.7 Å². The molecule has 0 N–H and O–H groups in total. The first-order valence-electron chi connectivity index (χ1n) is 4.58. The Labute approximate surface area is 106 Å². The van der Waals surface area contributed by atoms with Crippen LogP contribution in [0.4, 0.5) is 0 Å². The van der Waals surface area contributed by atoms with Crippen molar-refractivity contribution in [3.05, 3.63) is 39.7 Å². The molecule has 0 saturated heterocycles. The molecule has 80 valence electrons. The zero-order chi connectivity index (χ0) is 11.5. The third kappa shape index (κ3) is 2.11. The lowest BCUT2D eigenvalue weighted by atomic mass is 10.2. The number of nitrogens with zero attached hydrogens (tertiary/aromatic N) is 1. The van der Waals surface area contributed by atoms with Crippen LogP contribution >= 0.6 is 27.3 Å². The molecule has 2 rings (SSSR count). The van der Waals surface area contributed by atoms with Crippen molar-refractivity contribution in [1.29, 1.82) is 5.26 Å². The first-order valence-corrected chi connectivity index (χ1v) is 6.19. The first kappa shape index (κ1) is 11.2. The van der Waals surface area contributed by atoms with Crippen LogP contribution in [0.1, 0.15) is 4.88 Å².